The molecule has 0 aliphatic carbocycles. The number of phosphoric ester groups is 1. The molecule has 69 heavy (non-hydrogen) atoms. The molecule has 12 heteroatoms. The Hall–Kier alpha value is -3.08. The highest BCUT2D eigenvalue weighted by Crippen LogP contribution is 2.43. The highest BCUT2D eigenvalue weighted by molar-refractivity contribution is 7.47. The minimum absolute atomic E-state index is 0.113. The van der Waals surface area contributed by atoms with Crippen LogP contribution >= 0.6 is 7.82 Å². The van der Waals surface area contributed by atoms with E-state index in [9.17, 15) is 34.1 Å². The summed E-state index contributed by atoms with van der Waals surface area (Å²) < 4.78 is 27.0. The number of carboxylic acid groups (broad SMARTS) is 1. The number of phosphoric acid groups is 1. The number of unbranched alkanes of at least 4 members (excludes halogenated alkanes) is 25. The van der Waals surface area contributed by atoms with Crippen LogP contribution in [0.25, 0.3) is 0 Å². The first-order valence-electron chi connectivity index (χ1n) is 27.5. The second kappa shape index (κ2) is 51.3. The quantitative estimate of drug-likeness (QED) is 0.0199. The summed E-state index contributed by atoms with van der Waals surface area (Å²) in [5, 5.41) is 21.9. The molecule has 0 bridgehead atoms. The van der Waals surface area contributed by atoms with Crippen molar-refractivity contribution in [3.63, 3.8) is 0 Å². The first-order valence-corrected chi connectivity index (χ1v) is 29.0. The zero-order valence-corrected chi connectivity index (χ0v) is 44.5. The molecule has 0 spiro atoms. The minimum atomic E-state index is -4.78. The minimum Gasteiger partial charge on any atom is -0.480 e. The van der Waals surface area contributed by atoms with Gasteiger partial charge in [0.25, 0.3) is 0 Å². The number of carboxylic acids is 1. The number of carbonyl (C=O) groups is 3. The van der Waals surface area contributed by atoms with E-state index in [-0.39, 0.29) is 12.8 Å². The number of nitrogens with one attached hydrogen (secondary N) is 1. The molecule has 0 aliphatic rings. The standard InChI is InChI=1S/C57H100NO10P/c1-3-5-7-9-11-13-15-17-19-21-23-25-27-28-30-32-34-36-38-40-42-44-46-48-55(60)58-54(57(62)63)52-68-69(64,65)67-51-53(59)50-66-56(61)49-47-45-43-41-39-37-35-33-31-29-26-24-22-20-18-16-14-12-10-8-6-4-2/h5,7,11,13,17,19,23,25,28,30,34,36,53-54,59H,3-4,6,8-10,12,14-16,18,20-22,24,26-27,29,31-33,35,37-52H2,1-2H3,(H,58,60)(H,62,63)(H,64,65)/b7-5-,13-11-,19-17-,25-23-,30-28-,36-34-. The van der Waals surface area contributed by atoms with Crippen molar-refractivity contribution in [3.05, 3.63) is 72.9 Å². The highest BCUT2D eigenvalue weighted by atomic mass is 31.2. The van der Waals surface area contributed by atoms with Gasteiger partial charge in [0.05, 0.1) is 13.2 Å². The van der Waals surface area contributed by atoms with Crippen molar-refractivity contribution in [2.45, 2.75) is 251 Å². The van der Waals surface area contributed by atoms with Gasteiger partial charge in [0.1, 0.15) is 12.7 Å². The zero-order valence-electron chi connectivity index (χ0n) is 43.6. The third-order valence-corrected chi connectivity index (χ3v) is 12.7. The molecule has 398 valence electrons. The summed E-state index contributed by atoms with van der Waals surface area (Å²) in [6.45, 7) is 2.50. The van der Waals surface area contributed by atoms with Crippen molar-refractivity contribution >= 4 is 25.7 Å². The van der Waals surface area contributed by atoms with Crippen molar-refractivity contribution in [1.29, 1.82) is 0 Å². The second-order valence-corrected chi connectivity index (χ2v) is 19.9. The van der Waals surface area contributed by atoms with Gasteiger partial charge in [-0.25, -0.2) is 9.36 Å². The van der Waals surface area contributed by atoms with E-state index in [1.165, 1.54) is 116 Å². The second-order valence-electron chi connectivity index (χ2n) is 18.4. The highest BCUT2D eigenvalue weighted by Gasteiger charge is 2.28. The first-order chi connectivity index (χ1) is 33.6. The number of hydrogen-bond donors (Lipinski definition) is 4. The first kappa shape index (κ1) is 65.9. The molecular weight excluding hydrogens is 890 g/mol. The van der Waals surface area contributed by atoms with E-state index in [1.54, 1.807) is 0 Å². The fraction of sp³-hybridized carbons (Fsp3) is 0.737. The smallest absolute Gasteiger partial charge is 0.472 e. The van der Waals surface area contributed by atoms with Gasteiger partial charge in [0, 0.05) is 12.8 Å². The van der Waals surface area contributed by atoms with Gasteiger partial charge in [0.15, 0.2) is 6.04 Å². The molecule has 0 radical (unpaired) electrons. The zero-order chi connectivity index (χ0) is 50.6. The average molecular weight is 990 g/mol. The molecule has 3 atom stereocenters. The van der Waals surface area contributed by atoms with Crippen LogP contribution in [0.15, 0.2) is 72.9 Å². The number of esters is 1. The lowest BCUT2D eigenvalue weighted by Crippen LogP contribution is -2.43. The fourth-order valence-corrected chi connectivity index (χ4v) is 8.33. The number of amides is 1. The summed E-state index contributed by atoms with van der Waals surface area (Å²) in [6, 6.07) is -1.57. The summed E-state index contributed by atoms with van der Waals surface area (Å²) in [6.07, 6.45) is 63.6. The van der Waals surface area contributed by atoms with Crippen molar-refractivity contribution in [1.82, 2.24) is 5.32 Å². The van der Waals surface area contributed by atoms with Crippen molar-refractivity contribution < 1.29 is 47.8 Å². The van der Waals surface area contributed by atoms with E-state index >= 15 is 0 Å². The maximum atomic E-state index is 12.4. The molecule has 0 aromatic carbocycles. The van der Waals surface area contributed by atoms with Gasteiger partial charge in [0.2, 0.25) is 5.91 Å². The molecule has 1 amide bonds. The van der Waals surface area contributed by atoms with Crippen LogP contribution in [-0.4, -0.2) is 64.9 Å². The molecule has 0 heterocycles. The Bertz CT molecular complexity index is 1440. The fourth-order valence-electron chi connectivity index (χ4n) is 7.56. The van der Waals surface area contributed by atoms with Crippen molar-refractivity contribution in [2.24, 2.45) is 0 Å². The molecule has 0 aromatic rings. The van der Waals surface area contributed by atoms with E-state index in [2.05, 4.69) is 92.1 Å². The molecular formula is C57H100NO10P. The van der Waals surface area contributed by atoms with Crippen molar-refractivity contribution in [3.8, 4) is 0 Å². The van der Waals surface area contributed by atoms with Crippen LogP contribution in [-0.2, 0) is 32.7 Å². The normalized spacial score (nSPS) is 14.0. The Morgan fingerprint density at radius 1 is 0.478 bits per heavy atom. The van der Waals surface area contributed by atoms with E-state index in [1.807, 2.05) is 0 Å². The van der Waals surface area contributed by atoms with Gasteiger partial charge in [-0.1, -0.05) is 234 Å². The number of carbonyl (C=O) groups excluding carboxylic acids is 2. The topological polar surface area (TPSA) is 169 Å². The van der Waals surface area contributed by atoms with Gasteiger partial charge in [-0.05, 0) is 64.2 Å². The van der Waals surface area contributed by atoms with Crippen LogP contribution in [0, 0.1) is 0 Å². The summed E-state index contributed by atoms with van der Waals surface area (Å²) in [4.78, 5) is 46.2. The maximum absolute atomic E-state index is 12.4. The number of aliphatic carboxylic acids is 1. The molecule has 3 unspecified atom stereocenters. The number of ether oxygens (including phenoxy) is 1. The van der Waals surface area contributed by atoms with Gasteiger partial charge >= 0.3 is 19.8 Å². The monoisotopic (exact) mass is 990 g/mol. The van der Waals surface area contributed by atoms with Crippen LogP contribution < -0.4 is 5.32 Å². The van der Waals surface area contributed by atoms with E-state index in [0.717, 1.165) is 83.5 Å². The van der Waals surface area contributed by atoms with E-state index < -0.39 is 57.6 Å². The van der Waals surface area contributed by atoms with E-state index in [0.29, 0.717) is 12.8 Å². The molecule has 0 fully saturated rings. The molecule has 11 nitrogen and oxygen atoms in total. The lowest BCUT2D eigenvalue weighted by molar-refractivity contribution is -0.147. The van der Waals surface area contributed by atoms with Gasteiger partial charge in [-0.2, -0.15) is 0 Å². The average Bonchev–Trinajstić information content (AvgIpc) is 3.33. The Morgan fingerprint density at radius 3 is 1.26 bits per heavy atom. The van der Waals surface area contributed by atoms with E-state index in [4.69, 9.17) is 13.8 Å². The molecule has 0 saturated heterocycles. The maximum Gasteiger partial charge on any atom is 0.472 e. The SMILES string of the molecule is CC/C=C\C/C=C\C/C=C\C/C=C\C/C=C\C/C=C\CCCCCCC(=O)NC(COP(=O)(O)OCC(O)COC(=O)CCCCCCCCCCCCCCCCCCCCCCCC)C(=O)O. The van der Waals surface area contributed by atoms with Crippen LogP contribution in [0.2, 0.25) is 0 Å². The predicted octanol–water partition coefficient (Wildman–Crippen LogP) is 15.6. The third-order valence-electron chi connectivity index (χ3n) is 11.8. The number of rotatable bonds is 51. The molecule has 0 rings (SSSR count). The Morgan fingerprint density at radius 2 is 0.841 bits per heavy atom. The number of aliphatic hydroxyl groups excluding tert-OH is 1. The third kappa shape index (κ3) is 51.1. The Kier molecular flexibility index (Phi) is 49.0. The van der Waals surface area contributed by atoms with Gasteiger partial charge in [-0.15, -0.1) is 0 Å². The lowest BCUT2D eigenvalue weighted by Gasteiger charge is -2.18. The van der Waals surface area contributed by atoms with Crippen LogP contribution in [0.5, 0.6) is 0 Å². The summed E-state index contributed by atoms with van der Waals surface area (Å²) >= 11 is 0. The number of allylic oxidation sites excluding steroid dienone is 12. The molecule has 0 aliphatic heterocycles. The Labute approximate surface area is 420 Å². The van der Waals surface area contributed by atoms with Crippen LogP contribution in [0.1, 0.15) is 239 Å². The Balaban J connectivity index is 3.85. The van der Waals surface area contributed by atoms with Crippen molar-refractivity contribution in [2.75, 3.05) is 19.8 Å². The summed E-state index contributed by atoms with van der Waals surface area (Å²) in [7, 11) is -4.78. The van der Waals surface area contributed by atoms with Gasteiger partial charge < -0.3 is 25.2 Å². The summed E-state index contributed by atoms with van der Waals surface area (Å²) in [5.41, 5.74) is 0. The predicted molar refractivity (Wildman–Crippen MR) is 286 cm³/mol. The van der Waals surface area contributed by atoms with Crippen LogP contribution in [0.4, 0.5) is 0 Å². The molecule has 0 saturated carbocycles. The summed E-state index contributed by atoms with van der Waals surface area (Å²) in [5.74, 6) is -2.40. The largest absolute Gasteiger partial charge is 0.480 e. The van der Waals surface area contributed by atoms with Crippen LogP contribution in [0.3, 0.4) is 0 Å². The number of aliphatic hydroxyl groups is 1. The molecule has 0 aromatic heterocycles. The van der Waals surface area contributed by atoms with Gasteiger partial charge in [-0.3, -0.25) is 18.6 Å². The number of hydrogen-bond acceptors (Lipinski definition) is 8. The molecule has 4 N–H and O–H groups in total. The lowest BCUT2D eigenvalue weighted by atomic mass is 10.0.